The maximum atomic E-state index is 12.2. The molecule has 1 aliphatic heterocycles. The van der Waals surface area contributed by atoms with Gasteiger partial charge in [-0.2, -0.15) is 0 Å². The maximum absolute atomic E-state index is 12.2. The molecule has 1 fully saturated rings. The zero-order valence-corrected chi connectivity index (χ0v) is 16.6. The van der Waals surface area contributed by atoms with Gasteiger partial charge in [0.2, 0.25) is 5.91 Å². The summed E-state index contributed by atoms with van der Waals surface area (Å²) in [7, 11) is 0. The molecule has 1 unspecified atom stereocenters. The minimum Gasteiger partial charge on any atom is -0.325 e. The lowest BCUT2D eigenvalue weighted by Crippen LogP contribution is -2.48. The second-order valence-corrected chi connectivity index (χ2v) is 7.03. The molecule has 0 bridgehead atoms. The van der Waals surface area contributed by atoms with Crippen molar-refractivity contribution in [3.05, 3.63) is 29.8 Å². The number of carbonyl (C=O) groups excluding carboxylic acids is 1. The quantitative estimate of drug-likeness (QED) is 0.776. The Morgan fingerprint density at radius 1 is 1.12 bits per heavy atom. The van der Waals surface area contributed by atoms with E-state index < -0.39 is 5.54 Å². The van der Waals surface area contributed by atoms with Crippen LogP contribution in [-0.2, 0) is 11.3 Å². The van der Waals surface area contributed by atoms with E-state index in [0.717, 1.165) is 51.4 Å². The number of hydrogen-bond donors (Lipinski definition) is 2. The van der Waals surface area contributed by atoms with Crippen LogP contribution in [-0.4, -0.2) is 54.0 Å². The molecular weight excluding hydrogens is 336 g/mol. The Hall–Kier alpha value is -1.14. The molecule has 0 aromatic heterocycles. The molecule has 3 N–H and O–H groups in total. The van der Waals surface area contributed by atoms with E-state index in [1.54, 1.807) is 6.92 Å². The summed E-state index contributed by atoms with van der Waals surface area (Å²) < 4.78 is 0. The fourth-order valence-corrected chi connectivity index (χ4v) is 3.12. The SMILES string of the molecule is CCCC(C)(N)C(=O)Nc1ccc(CN2CCN(CC)CC2)cc1.Cl. The van der Waals surface area contributed by atoms with E-state index in [-0.39, 0.29) is 18.3 Å². The average molecular weight is 369 g/mol. The van der Waals surface area contributed by atoms with Crippen molar-refractivity contribution in [2.45, 2.75) is 45.7 Å². The standard InChI is InChI=1S/C19H32N4O.ClH/c1-4-10-19(3,20)18(24)21-17-8-6-16(7-9-17)15-23-13-11-22(5-2)12-14-23;/h6-9H,4-5,10-15,20H2,1-3H3,(H,21,24);1H. The molecular formula is C19H33ClN4O. The minimum atomic E-state index is -0.813. The van der Waals surface area contributed by atoms with Crippen LogP contribution in [0.5, 0.6) is 0 Å². The summed E-state index contributed by atoms with van der Waals surface area (Å²) >= 11 is 0. The summed E-state index contributed by atoms with van der Waals surface area (Å²) in [5.74, 6) is -0.118. The second-order valence-electron chi connectivity index (χ2n) is 7.03. The van der Waals surface area contributed by atoms with Crippen molar-refractivity contribution in [2.24, 2.45) is 5.73 Å². The Labute approximate surface area is 158 Å². The first-order valence-corrected chi connectivity index (χ1v) is 9.08. The van der Waals surface area contributed by atoms with Crippen LogP contribution in [0.2, 0.25) is 0 Å². The van der Waals surface area contributed by atoms with Crippen LogP contribution >= 0.6 is 12.4 Å². The van der Waals surface area contributed by atoms with Crippen molar-refractivity contribution < 1.29 is 4.79 Å². The molecule has 0 spiro atoms. The van der Waals surface area contributed by atoms with Crippen LogP contribution in [0.3, 0.4) is 0 Å². The van der Waals surface area contributed by atoms with E-state index in [4.69, 9.17) is 5.73 Å². The van der Waals surface area contributed by atoms with Crippen molar-refractivity contribution in [1.29, 1.82) is 0 Å². The van der Waals surface area contributed by atoms with Gasteiger partial charge in [-0.1, -0.05) is 32.4 Å². The molecule has 1 aliphatic rings. The molecule has 0 saturated carbocycles. The van der Waals surface area contributed by atoms with Gasteiger partial charge in [-0.3, -0.25) is 9.69 Å². The van der Waals surface area contributed by atoms with Crippen molar-refractivity contribution in [1.82, 2.24) is 9.80 Å². The highest BCUT2D eigenvalue weighted by atomic mass is 35.5. The van der Waals surface area contributed by atoms with E-state index in [1.807, 2.05) is 19.1 Å². The van der Waals surface area contributed by atoms with Gasteiger partial charge < -0.3 is 16.0 Å². The predicted octanol–water partition coefficient (Wildman–Crippen LogP) is 2.70. The lowest BCUT2D eigenvalue weighted by molar-refractivity contribution is -0.120. The fourth-order valence-electron chi connectivity index (χ4n) is 3.12. The molecule has 142 valence electrons. The third kappa shape index (κ3) is 6.59. The zero-order chi connectivity index (χ0) is 17.6. The number of nitrogens with zero attached hydrogens (tertiary/aromatic N) is 2. The van der Waals surface area contributed by atoms with Crippen LogP contribution < -0.4 is 11.1 Å². The highest BCUT2D eigenvalue weighted by molar-refractivity contribution is 5.97. The number of hydrogen-bond acceptors (Lipinski definition) is 4. The Balaban J connectivity index is 0.00000312. The number of rotatable bonds is 7. The molecule has 1 aromatic rings. The van der Waals surface area contributed by atoms with Crippen LogP contribution in [0.1, 0.15) is 39.2 Å². The molecule has 1 aromatic carbocycles. The Morgan fingerprint density at radius 2 is 1.68 bits per heavy atom. The Morgan fingerprint density at radius 3 is 2.20 bits per heavy atom. The number of piperazine rings is 1. The number of amides is 1. The summed E-state index contributed by atoms with van der Waals surface area (Å²) in [5, 5.41) is 2.93. The smallest absolute Gasteiger partial charge is 0.244 e. The zero-order valence-electron chi connectivity index (χ0n) is 15.8. The molecule has 6 heteroatoms. The molecule has 1 saturated heterocycles. The summed E-state index contributed by atoms with van der Waals surface area (Å²) in [5.41, 5.74) is 7.35. The third-order valence-electron chi connectivity index (χ3n) is 4.82. The number of carbonyl (C=O) groups is 1. The topological polar surface area (TPSA) is 61.6 Å². The third-order valence-corrected chi connectivity index (χ3v) is 4.82. The average Bonchev–Trinajstić information content (AvgIpc) is 2.57. The first-order valence-electron chi connectivity index (χ1n) is 9.08. The van der Waals surface area contributed by atoms with Crippen LogP contribution in [0.25, 0.3) is 0 Å². The summed E-state index contributed by atoms with van der Waals surface area (Å²) in [6.07, 6.45) is 1.57. The highest BCUT2D eigenvalue weighted by Gasteiger charge is 2.27. The fraction of sp³-hybridized carbons (Fsp3) is 0.632. The normalized spacial score (nSPS) is 18.2. The second kappa shape index (κ2) is 10.1. The number of anilines is 1. The van der Waals surface area contributed by atoms with Crippen molar-refractivity contribution >= 4 is 24.0 Å². The highest BCUT2D eigenvalue weighted by Crippen LogP contribution is 2.16. The molecule has 1 atom stereocenters. The maximum Gasteiger partial charge on any atom is 0.244 e. The number of likely N-dealkylation sites (N-methyl/N-ethyl adjacent to an activating group) is 1. The van der Waals surface area contributed by atoms with Gasteiger partial charge in [0.25, 0.3) is 0 Å². The van der Waals surface area contributed by atoms with Crippen LogP contribution in [0, 0.1) is 0 Å². The van der Waals surface area contributed by atoms with Crippen LogP contribution in [0.15, 0.2) is 24.3 Å². The van der Waals surface area contributed by atoms with Gasteiger partial charge in [0.1, 0.15) is 0 Å². The first-order chi connectivity index (χ1) is 11.4. The van der Waals surface area contributed by atoms with Gasteiger partial charge in [-0.25, -0.2) is 0 Å². The molecule has 2 rings (SSSR count). The number of halogens is 1. The van der Waals surface area contributed by atoms with E-state index in [2.05, 4.69) is 34.2 Å². The molecule has 25 heavy (non-hydrogen) atoms. The van der Waals surface area contributed by atoms with Gasteiger partial charge in [-0.15, -0.1) is 12.4 Å². The van der Waals surface area contributed by atoms with E-state index in [9.17, 15) is 4.79 Å². The molecule has 5 nitrogen and oxygen atoms in total. The van der Waals surface area contributed by atoms with Crippen LogP contribution in [0.4, 0.5) is 5.69 Å². The Kier molecular flexibility index (Phi) is 8.86. The van der Waals surface area contributed by atoms with Gasteiger partial charge in [0, 0.05) is 38.4 Å². The lowest BCUT2D eigenvalue weighted by atomic mass is 9.96. The summed E-state index contributed by atoms with van der Waals surface area (Å²) in [6.45, 7) is 12.7. The number of nitrogens with one attached hydrogen (secondary N) is 1. The van der Waals surface area contributed by atoms with E-state index in [1.165, 1.54) is 5.56 Å². The monoisotopic (exact) mass is 368 g/mol. The number of nitrogens with two attached hydrogens (primary N) is 1. The largest absolute Gasteiger partial charge is 0.325 e. The van der Waals surface area contributed by atoms with Crippen molar-refractivity contribution in [3.8, 4) is 0 Å². The van der Waals surface area contributed by atoms with E-state index >= 15 is 0 Å². The predicted molar refractivity (Wildman–Crippen MR) is 107 cm³/mol. The van der Waals surface area contributed by atoms with Crippen molar-refractivity contribution in [3.63, 3.8) is 0 Å². The number of benzene rings is 1. The van der Waals surface area contributed by atoms with Gasteiger partial charge in [0.15, 0.2) is 0 Å². The van der Waals surface area contributed by atoms with Gasteiger partial charge in [0.05, 0.1) is 5.54 Å². The Bertz CT molecular complexity index is 525. The minimum absolute atomic E-state index is 0. The molecule has 1 heterocycles. The molecule has 1 amide bonds. The molecule has 0 radical (unpaired) electrons. The summed E-state index contributed by atoms with van der Waals surface area (Å²) in [6, 6.07) is 8.13. The summed E-state index contributed by atoms with van der Waals surface area (Å²) in [4.78, 5) is 17.2. The molecule has 0 aliphatic carbocycles. The van der Waals surface area contributed by atoms with Gasteiger partial charge in [-0.05, 0) is 37.6 Å². The first kappa shape index (κ1) is 21.9. The lowest BCUT2D eigenvalue weighted by Gasteiger charge is -2.34. The van der Waals surface area contributed by atoms with E-state index in [0.29, 0.717) is 6.42 Å². The van der Waals surface area contributed by atoms with Gasteiger partial charge >= 0.3 is 0 Å². The van der Waals surface area contributed by atoms with Crippen molar-refractivity contribution in [2.75, 3.05) is 38.0 Å².